The standard InChI is InChI=1S/C24H27FN4O3/c1-23-8-4-9-24(2,28-23)22(25)20(13-23)32-21-6-5-16(26-27-21)14-11-17-15(12-19(14)31)18(30)7-10-29(17)3/h5-7,10-12,20,22,28,31H,4,8-9,13H2,1-3H3/t20-,22-,23-,24+/m1/s1. The molecular weight excluding hydrogens is 411 g/mol. The topological polar surface area (TPSA) is 89.3 Å². The number of aromatic hydroxyl groups is 1. The Morgan fingerprint density at radius 1 is 1.22 bits per heavy atom. The molecule has 32 heavy (non-hydrogen) atoms. The van der Waals surface area contributed by atoms with Gasteiger partial charge in [-0.15, -0.1) is 10.2 Å². The molecule has 0 amide bonds. The molecule has 5 rings (SSSR count). The van der Waals surface area contributed by atoms with Crippen molar-refractivity contribution >= 4 is 10.9 Å². The average molecular weight is 439 g/mol. The molecule has 2 aliphatic heterocycles. The maximum atomic E-state index is 15.3. The summed E-state index contributed by atoms with van der Waals surface area (Å²) in [7, 11) is 1.83. The first-order chi connectivity index (χ1) is 15.2. The van der Waals surface area contributed by atoms with Gasteiger partial charge in [0, 0.05) is 48.3 Å². The maximum Gasteiger partial charge on any atom is 0.233 e. The number of pyridine rings is 1. The predicted octanol–water partition coefficient (Wildman–Crippen LogP) is 3.48. The monoisotopic (exact) mass is 438 g/mol. The highest BCUT2D eigenvalue weighted by Crippen LogP contribution is 2.42. The highest BCUT2D eigenvalue weighted by molar-refractivity contribution is 5.87. The van der Waals surface area contributed by atoms with Crippen LogP contribution in [0.15, 0.2) is 41.3 Å². The second kappa shape index (κ2) is 7.27. The molecule has 4 atom stereocenters. The fraction of sp³-hybridized carbons (Fsp3) is 0.458. The number of nitrogens with one attached hydrogen (secondary N) is 1. The van der Waals surface area contributed by atoms with Crippen LogP contribution < -0.4 is 15.5 Å². The van der Waals surface area contributed by atoms with Crippen molar-refractivity contribution in [1.82, 2.24) is 20.1 Å². The fourth-order valence-electron chi connectivity index (χ4n) is 5.38. The van der Waals surface area contributed by atoms with Crippen LogP contribution >= 0.6 is 0 Å². The first-order valence-corrected chi connectivity index (χ1v) is 10.9. The lowest BCUT2D eigenvalue weighted by Crippen LogP contribution is -2.71. The molecule has 0 aliphatic carbocycles. The number of aryl methyl sites for hydroxylation is 1. The third-order valence-electron chi connectivity index (χ3n) is 7.00. The first kappa shape index (κ1) is 20.9. The molecule has 2 N–H and O–H groups in total. The van der Waals surface area contributed by atoms with Crippen LogP contribution in [-0.4, -0.2) is 43.2 Å². The Hall–Kier alpha value is -3.00. The van der Waals surface area contributed by atoms with Crippen molar-refractivity contribution in [2.75, 3.05) is 0 Å². The smallest absolute Gasteiger partial charge is 0.233 e. The Bertz CT molecular complexity index is 1240. The third kappa shape index (κ3) is 3.43. The molecule has 3 aromatic rings. The summed E-state index contributed by atoms with van der Waals surface area (Å²) < 4.78 is 23.0. The Morgan fingerprint density at radius 2 is 2.03 bits per heavy atom. The molecule has 0 radical (unpaired) electrons. The molecule has 0 spiro atoms. The molecule has 2 aromatic heterocycles. The summed E-state index contributed by atoms with van der Waals surface area (Å²) in [4.78, 5) is 12.1. The van der Waals surface area contributed by atoms with Gasteiger partial charge in [-0.05, 0) is 51.3 Å². The summed E-state index contributed by atoms with van der Waals surface area (Å²) in [6.07, 6.45) is 3.26. The van der Waals surface area contributed by atoms with Gasteiger partial charge in [0.15, 0.2) is 11.6 Å². The largest absolute Gasteiger partial charge is 0.507 e. The van der Waals surface area contributed by atoms with Crippen molar-refractivity contribution in [3.8, 4) is 22.9 Å². The molecule has 0 unspecified atom stereocenters. The Kier molecular flexibility index (Phi) is 4.74. The second-order valence-corrected chi connectivity index (χ2v) is 9.65. The number of alkyl halides is 1. The van der Waals surface area contributed by atoms with Crippen molar-refractivity contribution in [2.45, 2.75) is 62.9 Å². The minimum absolute atomic E-state index is 0.0559. The number of ether oxygens (including phenoxy) is 1. The van der Waals surface area contributed by atoms with Crippen molar-refractivity contribution in [1.29, 1.82) is 0 Å². The number of aromatic nitrogens is 3. The zero-order valence-corrected chi connectivity index (χ0v) is 18.4. The lowest BCUT2D eigenvalue weighted by atomic mass is 9.69. The number of phenolic OH excluding ortho intramolecular Hbond substituents is 1. The number of phenols is 1. The van der Waals surface area contributed by atoms with Crippen LogP contribution in [0.2, 0.25) is 0 Å². The number of fused-ring (bicyclic) bond motifs is 3. The van der Waals surface area contributed by atoms with Gasteiger partial charge in [0.1, 0.15) is 11.9 Å². The summed E-state index contributed by atoms with van der Waals surface area (Å²) in [6, 6.07) is 7.95. The fourth-order valence-corrected chi connectivity index (χ4v) is 5.38. The molecule has 4 heterocycles. The maximum absolute atomic E-state index is 15.3. The zero-order valence-electron chi connectivity index (χ0n) is 18.4. The van der Waals surface area contributed by atoms with E-state index in [4.69, 9.17) is 4.74 Å². The van der Waals surface area contributed by atoms with Gasteiger partial charge < -0.3 is 19.7 Å². The van der Waals surface area contributed by atoms with Gasteiger partial charge in [0.25, 0.3) is 0 Å². The SMILES string of the molecule is Cn1ccc(=O)c2cc(O)c(-c3ccc(O[C@@H]4C[C@@]5(C)CCC[C@](C)(N5)[C@@H]4F)nn3)cc21. The lowest BCUT2D eigenvalue weighted by Gasteiger charge is -2.54. The van der Waals surface area contributed by atoms with E-state index in [9.17, 15) is 9.90 Å². The van der Waals surface area contributed by atoms with E-state index < -0.39 is 17.8 Å². The molecule has 0 saturated carbocycles. The molecule has 2 bridgehead atoms. The van der Waals surface area contributed by atoms with Gasteiger partial charge in [-0.25, -0.2) is 4.39 Å². The summed E-state index contributed by atoms with van der Waals surface area (Å²) in [6.45, 7) is 4.05. The van der Waals surface area contributed by atoms with E-state index in [0.717, 1.165) is 19.3 Å². The van der Waals surface area contributed by atoms with Crippen molar-refractivity contribution in [3.05, 3.63) is 46.8 Å². The molecule has 7 nitrogen and oxygen atoms in total. The van der Waals surface area contributed by atoms with Gasteiger partial charge in [-0.2, -0.15) is 0 Å². The Balaban J connectivity index is 1.42. The number of rotatable bonds is 3. The van der Waals surface area contributed by atoms with Gasteiger partial charge in [-0.3, -0.25) is 4.79 Å². The molecule has 1 aromatic carbocycles. The molecule has 2 aliphatic rings. The van der Waals surface area contributed by atoms with E-state index in [2.05, 4.69) is 22.4 Å². The summed E-state index contributed by atoms with van der Waals surface area (Å²) >= 11 is 0. The minimum atomic E-state index is -1.15. The van der Waals surface area contributed by atoms with Crippen LogP contribution in [-0.2, 0) is 7.05 Å². The highest BCUT2D eigenvalue weighted by Gasteiger charge is 2.53. The first-order valence-electron chi connectivity index (χ1n) is 10.9. The second-order valence-electron chi connectivity index (χ2n) is 9.65. The number of nitrogens with zero attached hydrogens (tertiary/aromatic N) is 3. The summed E-state index contributed by atoms with van der Waals surface area (Å²) in [5.41, 5.74) is 0.653. The number of piperidine rings is 2. The molecular formula is C24H27FN4O3. The Morgan fingerprint density at radius 3 is 2.78 bits per heavy atom. The average Bonchev–Trinajstić information content (AvgIpc) is 2.75. The van der Waals surface area contributed by atoms with Gasteiger partial charge in [-0.1, -0.05) is 0 Å². The van der Waals surface area contributed by atoms with Crippen LogP contribution in [0.3, 0.4) is 0 Å². The molecule has 168 valence electrons. The van der Waals surface area contributed by atoms with Crippen LogP contribution in [0.25, 0.3) is 22.2 Å². The van der Waals surface area contributed by atoms with Crippen LogP contribution in [0.5, 0.6) is 11.6 Å². The number of halogens is 1. The normalized spacial score (nSPS) is 29.8. The minimum Gasteiger partial charge on any atom is -0.507 e. The predicted molar refractivity (Wildman–Crippen MR) is 120 cm³/mol. The van der Waals surface area contributed by atoms with E-state index in [1.807, 2.05) is 14.0 Å². The molecule has 2 fully saturated rings. The van der Waals surface area contributed by atoms with E-state index in [1.54, 1.807) is 29.0 Å². The van der Waals surface area contributed by atoms with Gasteiger partial charge in [0.2, 0.25) is 5.88 Å². The van der Waals surface area contributed by atoms with Crippen molar-refractivity contribution in [2.24, 2.45) is 7.05 Å². The van der Waals surface area contributed by atoms with Gasteiger partial charge in [0.05, 0.1) is 16.7 Å². The van der Waals surface area contributed by atoms with E-state index in [1.165, 1.54) is 12.1 Å². The lowest BCUT2D eigenvalue weighted by molar-refractivity contribution is -0.0626. The number of hydrogen-bond donors (Lipinski definition) is 2. The molecule has 8 heteroatoms. The van der Waals surface area contributed by atoms with Crippen LogP contribution in [0.4, 0.5) is 4.39 Å². The quantitative estimate of drug-likeness (QED) is 0.651. The number of benzene rings is 1. The van der Waals surface area contributed by atoms with Crippen molar-refractivity contribution in [3.63, 3.8) is 0 Å². The van der Waals surface area contributed by atoms with E-state index >= 15 is 4.39 Å². The highest BCUT2D eigenvalue weighted by atomic mass is 19.1. The van der Waals surface area contributed by atoms with Crippen LogP contribution in [0, 0.1) is 0 Å². The van der Waals surface area contributed by atoms with Crippen LogP contribution in [0.1, 0.15) is 39.5 Å². The number of hydrogen-bond acceptors (Lipinski definition) is 6. The van der Waals surface area contributed by atoms with Crippen molar-refractivity contribution < 1.29 is 14.2 Å². The zero-order chi connectivity index (χ0) is 22.7. The van der Waals surface area contributed by atoms with E-state index in [-0.39, 0.29) is 22.6 Å². The third-order valence-corrected chi connectivity index (χ3v) is 7.00. The Labute approximate surface area is 185 Å². The van der Waals surface area contributed by atoms with E-state index in [0.29, 0.717) is 28.6 Å². The summed E-state index contributed by atoms with van der Waals surface area (Å²) in [5, 5.41) is 22.8. The molecule has 2 saturated heterocycles. The summed E-state index contributed by atoms with van der Waals surface area (Å²) in [5.74, 6) is 0.195. The van der Waals surface area contributed by atoms with Gasteiger partial charge >= 0.3 is 0 Å².